The van der Waals surface area contributed by atoms with E-state index in [1.807, 2.05) is 42.7 Å². The largest absolute Gasteiger partial charge is 0.497 e. The molecule has 1 aliphatic rings. The smallest absolute Gasteiger partial charge is 0.168 e. The van der Waals surface area contributed by atoms with Crippen molar-refractivity contribution in [3.63, 3.8) is 0 Å². The fourth-order valence-electron chi connectivity index (χ4n) is 3.47. The Morgan fingerprint density at radius 3 is 2.68 bits per heavy atom. The number of hydrogen-bond acceptors (Lipinski definition) is 4. The van der Waals surface area contributed by atoms with Gasteiger partial charge in [0.15, 0.2) is 5.78 Å². The van der Waals surface area contributed by atoms with E-state index in [2.05, 4.69) is 17.0 Å². The van der Waals surface area contributed by atoms with Crippen molar-refractivity contribution < 1.29 is 9.53 Å². The summed E-state index contributed by atoms with van der Waals surface area (Å²) < 4.78 is 5.22. The van der Waals surface area contributed by atoms with Gasteiger partial charge in [-0.25, -0.2) is 0 Å². The minimum atomic E-state index is 0.0975. The predicted molar refractivity (Wildman–Crippen MR) is 104 cm³/mol. The molecule has 0 spiro atoms. The van der Waals surface area contributed by atoms with Crippen LogP contribution in [0.1, 0.15) is 28.8 Å². The highest BCUT2D eigenvalue weighted by Gasteiger charge is 2.27. The third-order valence-electron chi connectivity index (χ3n) is 4.81. The van der Waals surface area contributed by atoms with Crippen molar-refractivity contribution in [1.82, 2.24) is 4.90 Å². The minimum absolute atomic E-state index is 0.0975. The summed E-state index contributed by atoms with van der Waals surface area (Å²) in [4.78, 5) is 16.5. The number of thioether (sulfide) groups is 1. The Labute approximate surface area is 154 Å². The quantitative estimate of drug-likeness (QED) is 0.563. The molecule has 0 aromatic heterocycles. The van der Waals surface area contributed by atoms with Crippen LogP contribution in [0.5, 0.6) is 5.75 Å². The second kappa shape index (κ2) is 8.54. The van der Waals surface area contributed by atoms with Crippen LogP contribution in [0.3, 0.4) is 0 Å². The monoisotopic (exact) mass is 355 g/mol. The number of benzene rings is 2. The summed E-state index contributed by atoms with van der Waals surface area (Å²) in [6, 6.07) is 16.2. The minimum Gasteiger partial charge on any atom is -0.497 e. The molecule has 0 bridgehead atoms. The van der Waals surface area contributed by atoms with Crippen molar-refractivity contribution in [2.45, 2.75) is 24.3 Å². The van der Waals surface area contributed by atoms with Crippen molar-refractivity contribution in [2.24, 2.45) is 5.92 Å². The first-order valence-electron chi connectivity index (χ1n) is 8.73. The topological polar surface area (TPSA) is 29.5 Å². The van der Waals surface area contributed by atoms with E-state index in [-0.39, 0.29) is 5.92 Å². The lowest BCUT2D eigenvalue weighted by molar-refractivity contribution is 0.0808. The molecule has 1 atom stereocenters. The molecule has 0 N–H and O–H groups in total. The number of hydrogen-bond donors (Lipinski definition) is 0. The Morgan fingerprint density at radius 2 is 1.96 bits per heavy atom. The van der Waals surface area contributed by atoms with Crippen LogP contribution in [0.4, 0.5) is 0 Å². The summed E-state index contributed by atoms with van der Waals surface area (Å²) in [5.41, 5.74) is 2.14. The van der Waals surface area contributed by atoms with Gasteiger partial charge in [-0.3, -0.25) is 9.69 Å². The molecule has 0 amide bonds. The number of likely N-dealkylation sites (tertiary alicyclic amines) is 1. The van der Waals surface area contributed by atoms with Crippen LogP contribution in [0.2, 0.25) is 0 Å². The number of carbonyl (C=O) groups excluding carboxylic acids is 1. The summed E-state index contributed by atoms with van der Waals surface area (Å²) in [5.74, 6) is 1.27. The maximum Gasteiger partial charge on any atom is 0.168 e. The second-order valence-electron chi connectivity index (χ2n) is 6.49. The van der Waals surface area contributed by atoms with Gasteiger partial charge in [0.25, 0.3) is 0 Å². The SMILES string of the molecule is COc1ccc(CN2CCCC(C(=O)c3ccccc3SC)C2)cc1. The molecular formula is C21H25NO2S. The van der Waals surface area contributed by atoms with E-state index in [4.69, 9.17) is 4.74 Å². The molecule has 1 heterocycles. The average Bonchev–Trinajstić information content (AvgIpc) is 2.68. The highest BCUT2D eigenvalue weighted by molar-refractivity contribution is 7.98. The number of piperidine rings is 1. The van der Waals surface area contributed by atoms with Gasteiger partial charge >= 0.3 is 0 Å². The molecule has 1 unspecified atom stereocenters. The Hall–Kier alpha value is -1.78. The lowest BCUT2D eigenvalue weighted by atomic mass is 9.89. The molecule has 0 saturated carbocycles. The van der Waals surface area contributed by atoms with Crippen LogP contribution in [0.15, 0.2) is 53.4 Å². The molecular weight excluding hydrogens is 330 g/mol. The van der Waals surface area contributed by atoms with Crippen molar-refractivity contribution in [3.8, 4) is 5.75 Å². The molecule has 25 heavy (non-hydrogen) atoms. The summed E-state index contributed by atoms with van der Waals surface area (Å²) in [6.45, 7) is 2.78. The number of Topliss-reactive ketones (excluding diaryl/α,β-unsaturated/α-hetero) is 1. The summed E-state index contributed by atoms with van der Waals surface area (Å²) >= 11 is 1.65. The first-order chi connectivity index (χ1) is 12.2. The summed E-state index contributed by atoms with van der Waals surface area (Å²) in [6.07, 6.45) is 4.09. The van der Waals surface area contributed by atoms with E-state index in [9.17, 15) is 4.79 Å². The van der Waals surface area contributed by atoms with E-state index in [0.29, 0.717) is 5.78 Å². The number of rotatable bonds is 6. The zero-order chi connectivity index (χ0) is 17.6. The maximum absolute atomic E-state index is 13.0. The molecule has 3 rings (SSSR count). The zero-order valence-electron chi connectivity index (χ0n) is 14.9. The van der Waals surface area contributed by atoms with E-state index in [0.717, 1.165) is 48.7 Å². The first kappa shape index (κ1) is 18.0. The molecule has 0 radical (unpaired) electrons. The van der Waals surface area contributed by atoms with Gasteiger partial charge in [-0.1, -0.05) is 30.3 Å². The maximum atomic E-state index is 13.0. The lowest BCUT2D eigenvalue weighted by Gasteiger charge is -2.32. The highest BCUT2D eigenvalue weighted by Crippen LogP contribution is 2.27. The summed E-state index contributed by atoms with van der Waals surface area (Å²) in [5, 5.41) is 0. The first-order valence-corrected chi connectivity index (χ1v) is 9.96. The van der Waals surface area contributed by atoms with E-state index in [1.165, 1.54) is 5.56 Å². The highest BCUT2D eigenvalue weighted by atomic mass is 32.2. The molecule has 2 aromatic carbocycles. The Morgan fingerprint density at radius 1 is 1.20 bits per heavy atom. The van der Waals surface area contributed by atoms with Gasteiger partial charge in [-0.15, -0.1) is 11.8 Å². The average molecular weight is 356 g/mol. The van der Waals surface area contributed by atoms with Gasteiger partial charge in [0.1, 0.15) is 5.75 Å². The molecule has 0 aliphatic carbocycles. The molecule has 3 nitrogen and oxygen atoms in total. The van der Waals surface area contributed by atoms with Gasteiger partial charge in [0.2, 0.25) is 0 Å². The third kappa shape index (κ3) is 4.44. The molecule has 1 saturated heterocycles. The van der Waals surface area contributed by atoms with E-state index in [1.54, 1.807) is 18.9 Å². The Balaban J connectivity index is 1.66. The Kier molecular flexibility index (Phi) is 6.16. The van der Waals surface area contributed by atoms with Crippen molar-refractivity contribution in [3.05, 3.63) is 59.7 Å². The molecule has 2 aromatic rings. The fourth-order valence-corrected chi connectivity index (χ4v) is 4.07. The standard InChI is InChI=1S/C21H25NO2S/c1-24-18-11-9-16(10-12-18)14-22-13-5-6-17(15-22)21(23)19-7-3-4-8-20(19)25-2/h3-4,7-12,17H,5-6,13-15H2,1-2H3. The molecule has 1 fully saturated rings. The molecule has 1 aliphatic heterocycles. The normalized spacial score (nSPS) is 18.1. The van der Waals surface area contributed by atoms with Crippen LogP contribution >= 0.6 is 11.8 Å². The lowest BCUT2D eigenvalue weighted by Crippen LogP contribution is -2.38. The van der Waals surface area contributed by atoms with Gasteiger partial charge in [-0.2, -0.15) is 0 Å². The third-order valence-corrected chi connectivity index (χ3v) is 5.61. The van der Waals surface area contributed by atoms with Crippen LogP contribution in [0.25, 0.3) is 0 Å². The zero-order valence-corrected chi connectivity index (χ0v) is 15.7. The van der Waals surface area contributed by atoms with Crippen LogP contribution in [-0.4, -0.2) is 37.1 Å². The number of nitrogens with zero attached hydrogens (tertiary/aromatic N) is 1. The number of carbonyl (C=O) groups is 1. The number of ketones is 1. The van der Waals surface area contributed by atoms with Crippen LogP contribution < -0.4 is 4.74 Å². The van der Waals surface area contributed by atoms with Crippen LogP contribution in [0, 0.1) is 5.92 Å². The Bertz CT molecular complexity index is 714. The molecule has 132 valence electrons. The summed E-state index contributed by atoms with van der Waals surface area (Å²) in [7, 11) is 1.68. The van der Waals surface area contributed by atoms with Crippen molar-refractivity contribution >= 4 is 17.5 Å². The van der Waals surface area contributed by atoms with E-state index < -0.39 is 0 Å². The molecule has 4 heteroatoms. The predicted octanol–water partition coefficient (Wildman–Crippen LogP) is 4.51. The second-order valence-corrected chi connectivity index (χ2v) is 7.33. The van der Waals surface area contributed by atoms with Gasteiger partial charge in [0.05, 0.1) is 7.11 Å². The fraction of sp³-hybridized carbons (Fsp3) is 0.381. The van der Waals surface area contributed by atoms with Gasteiger partial charge in [-0.05, 0) is 49.4 Å². The van der Waals surface area contributed by atoms with Gasteiger partial charge in [0, 0.05) is 29.5 Å². The van der Waals surface area contributed by atoms with Gasteiger partial charge < -0.3 is 4.74 Å². The van der Waals surface area contributed by atoms with Crippen LogP contribution in [-0.2, 0) is 6.54 Å². The number of methoxy groups -OCH3 is 1. The number of ether oxygens (including phenoxy) is 1. The van der Waals surface area contributed by atoms with Crippen molar-refractivity contribution in [2.75, 3.05) is 26.5 Å². The van der Waals surface area contributed by atoms with Crippen molar-refractivity contribution in [1.29, 1.82) is 0 Å². The van der Waals surface area contributed by atoms with E-state index >= 15 is 0 Å².